The molecule has 0 atom stereocenters. The summed E-state index contributed by atoms with van der Waals surface area (Å²) in [7, 11) is 0. The van der Waals surface area contributed by atoms with E-state index in [1.807, 2.05) is 29.7 Å². The van der Waals surface area contributed by atoms with E-state index in [-0.39, 0.29) is 0 Å². The maximum atomic E-state index is 13.0. The number of aryl methyl sites for hydroxylation is 1. The summed E-state index contributed by atoms with van der Waals surface area (Å²) in [6.07, 6.45) is 0.790. The van der Waals surface area contributed by atoms with Gasteiger partial charge in [-0.05, 0) is 41.6 Å². The van der Waals surface area contributed by atoms with Gasteiger partial charge in [0.25, 0.3) is 6.43 Å². The van der Waals surface area contributed by atoms with Gasteiger partial charge in [-0.15, -0.1) is 16.4 Å². The van der Waals surface area contributed by atoms with E-state index >= 15 is 0 Å². The highest BCUT2D eigenvalue weighted by Crippen LogP contribution is 2.30. The number of nitrogens with zero attached hydrogens (tertiary/aromatic N) is 6. The third kappa shape index (κ3) is 2.20. The molecule has 0 saturated carbocycles. The van der Waals surface area contributed by atoms with Gasteiger partial charge in [0.15, 0.2) is 5.65 Å². The second-order valence-electron chi connectivity index (χ2n) is 4.89. The fourth-order valence-electron chi connectivity index (χ4n) is 2.42. The van der Waals surface area contributed by atoms with Crippen molar-refractivity contribution in [1.29, 1.82) is 0 Å². The Morgan fingerprint density at radius 2 is 2.09 bits per heavy atom. The van der Waals surface area contributed by atoms with Gasteiger partial charge in [0.2, 0.25) is 5.82 Å². The Balaban J connectivity index is 1.93. The Bertz CT molecular complexity index is 986. The minimum atomic E-state index is -2.76. The van der Waals surface area contributed by atoms with Gasteiger partial charge in [-0.3, -0.25) is 4.40 Å². The van der Waals surface area contributed by atoms with Crippen molar-refractivity contribution in [3.05, 3.63) is 47.4 Å². The molecule has 0 amide bonds. The molecular weight excluding hydrogens is 322 g/mol. The Morgan fingerprint density at radius 1 is 1.22 bits per heavy atom. The van der Waals surface area contributed by atoms with Crippen molar-refractivity contribution in [3.8, 4) is 16.3 Å². The van der Waals surface area contributed by atoms with Crippen LogP contribution in [0, 0.1) is 6.92 Å². The molecule has 4 rings (SSSR count). The summed E-state index contributed by atoms with van der Waals surface area (Å²) in [6, 6.07) is 7.45. The molecule has 0 saturated heterocycles. The van der Waals surface area contributed by atoms with Gasteiger partial charge in [-0.1, -0.05) is 0 Å². The lowest BCUT2D eigenvalue weighted by Gasteiger charge is -2.06. The zero-order valence-electron chi connectivity index (χ0n) is 11.9. The normalized spacial score (nSPS) is 11.7. The van der Waals surface area contributed by atoms with Gasteiger partial charge in [0.1, 0.15) is 5.69 Å². The molecule has 6 nitrogen and oxygen atoms in total. The van der Waals surface area contributed by atoms with Gasteiger partial charge < -0.3 is 0 Å². The second-order valence-corrected chi connectivity index (χ2v) is 6.18. The van der Waals surface area contributed by atoms with E-state index in [0.717, 1.165) is 15.3 Å². The monoisotopic (exact) mass is 332 g/mol. The number of tetrazole rings is 1. The van der Waals surface area contributed by atoms with Gasteiger partial charge in [0.05, 0.1) is 16.8 Å². The highest BCUT2D eigenvalue weighted by Gasteiger charge is 2.21. The minimum Gasteiger partial charge on any atom is -0.297 e. The molecule has 0 spiro atoms. The van der Waals surface area contributed by atoms with Gasteiger partial charge in [-0.25, -0.2) is 13.8 Å². The topological polar surface area (TPSA) is 60.9 Å². The number of imidazole rings is 1. The summed E-state index contributed by atoms with van der Waals surface area (Å²) in [4.78, 5) is 6.61. The SMILES string of the molecule is Cc1ccc(-c2cnc3c(-n4nnnc4C(F)F)cccn23)s1. The largest absolute Gasteiger partial charge is 0.299 e. The highest BCUT2D eigenvalue weighted by molar-refractivity contribution is 7.15. The Labute approximate surface area is 133 Å². The van der Waals surface area contributed by atoms with Crippen molar-refractivity contribution in [2.75, 3.05) is 0 Å². The number of rotatable bonds is 3. The summed E-state index contributed by atoms with van der Waals surface area (Å²) >= 11 is 1.64. The molecule has 23 heavy (non-hydrogen) atoms. The van der Waals surface area contributed by atoms with Crippen molar-refractivity contribution >= 4 is 17.0 Å². The highest BCUT2D eigenvalue weighted by atomic mass is 32.1. The quantitative estimate of drug-likeness (QED) is 0.578. The number of hydrogen-bond donors (Lipinski definition) is 0. The molecule has 0 radical (unpaired) electrons. The van der Waals surface area contributed by atoms with E-state index in [2.05, 4.69) is 20.5 Å². The average molecular weight is 332 g/mol. The van der Waals surface area contributed by atoms with Crippen LogP contribution in [0.5, 0.6) is 0 Å². The van der Waals surface area contributed by atoms with Gasteiger partial charge >= 0.3 is 0 Å². The summed E-state index contributed by atoms with van der Waals surface area (Å²) < 4.78 is 28.9. The number of halogens is 2. The third-order valence-corrected chi connectivity index (χ3v) is 4.45. The van der Waals surface area contributed by atoms with Crippen molar-refractivity contribution in [2.45, 2.75) is 13.3 Å². The zero-order chi connectivity index (χ0) is 16.0. The summed E-state index contributed by atoms with van der Waals surface area (Å²) in [5.41, 5.74) is 1.82. The van der Waals surface area contributed by atoms with Gasteiger partial charge in [0, 0.05) is 11.1 Å². The van der Waals surface area contributed by atoms with Gasteiger partial charge in [-0.2, -0.15) is 4.68 Å². The number of alkyl halides is 2. The van der Waals surface area contributed by atoms with E-state index < -0.39 is 12.2 Å². The van der Waals surface area contributed by atoms with E-state index in [4.69, 9.17) is 0 Å². The first-order chi connectivity index (χ1) is 11.1. The van der Waals surface area contributed by atoms with Crippen LogP contribution in [0.25, 0.3) is 21.9 Å². The van der Waals surface area contributed by atoms with E-state index in [0.29, 0.717) is 11.3 Å². The summed E-state index contributed by atoms with van der Waals surface area (Å²) in [5, 5.41) is 10.4. The number of aromatic nitrogens is 6. The molecule has 0 aliphatic carbocycles. The molecule has 0 bridgehead atoms. The number of hydrogen-bond acceptors (Lipinski definition) is 5. The fraction of sp³-hybridized carbons (Fsp3) is 0.143. The van der Waals surface area contributed by atoms with E-state index in [1.54, 1.807) is 29.7 Å². The lowest BCUT2D eigenvalue weighted by molar-refractivity contribution is 0.137. The van der Waals surface area contributed by atoms with Crippen molar-refractivity contribution in [1.82, 2.24) is 29.6 Å². The predicted molar refractivity (Wildman–Crippen MR) is 80.9 cm³/mol. The summed E-state index contributed by atoms with van der Waals surface area (Å²) in [5.74, 6) is -0.505. The molecule has 0 unspecified atom stereocenters. The Morgan fingerprint density at radius 3 is 2.83 bits per heavy atom. The first kappa shape index (κ1) is 13.9. The first-order valence-electron chi connectivity index (χ1n) is 6.75. The van der Waals surface area contributed by atoms with Crippen LogP contribution in [0.4, 0.5) is 8.78 Å². The number of pyridine rings is 1. The fourth-order valence-corrected chi connectivity index (χ4v) is 3.29. The lowest BCUT2D eigenvalue weighted by atomic mass is 10.3. The second kappa shape index (κ2) is 5.20. The molecule has 0 fully saturated rings. The molecule has 4 aromatic heterocycles. The van der Waals surface area contributed by atoms with Crippen molar-refractivity contribution < 1.29 is 8.78 Å². The third-order valence-electron chi connectivity index (χ3n) is 3.42. The van der Waals surface area contributed by atoms with Crippen LogP contribution in [0.3, 0.4) is 0 Å². The molecule has 4 heterocycles. The van der Waals surface area contributed by atoms with Crippen molar-refractivity contribution in [2.24, 2.45) is 0 Å². The Hall–Kier alpha value is -2.68. The standard InChI is InChI=1S/C14H10F2N6S/c1-8-4-5-11(23-8)10-7-17-13-9(3-2-6-21(10)13)22-14(12(15)16)18-19-20-22/h2-7,12H,1H3. The van der Waals surface area contributed by atoms with Crippen molar-refractivity contribution in [3.63, 3.8) is 0 Å². The molecule has 0 aliphatic rings. The molecule has 0 aromatic carbocycles. The summed E-state index contributed by atoms with van der Waals surface area (Å²) in [6.45, 7) is 2.03. The van der Waals surface area contributed by atoms with E-state index in [1.165, 1.54) is 4.88 Å². The predicted octanol–water partition coefficient (Wildman–Crippen LogP) is 3.28. The maximum Gasteiger partial charge on any atom is 0.299 e. The van der Waals surface area contributed by atoms with Crippen LogP contribution in [-0.4, -0.2) is 29.6 Å². The smallest absolute Gasteiger partial charge is 0.297 e. The minimum absolute atomic E-state index is 0.410. The van der Waals surface area contributed by atoms with Crippen LogP contribution in [0.1, 0.15) is 17.1 Å². The van der Waals surface area contributed by atoms with Crippen LogP contribution in [0.15, 0.2) is 36.7 Å². The molecule has 0 aliphatic heterocycles. The number of fused-ring (bicyclic) bond motifs is 1. The lowest BCUT2D eigenvalue weighted by Crippen LogP contribution is -2.06. The van der Waals surface area contributed by atoms with E-state index in [9.17, 15) is 8.78 Å². The Kier molecular flexibility index (Phi) is 3.15. The van der Waals surface area contributed by atoms with Crippen LogP contribution in [-0.2, 0) is 0 Å². The van der Waals surface area contributed by atoms with Crippen LogP contribution < -0.4 is 0 Å². The molecule has 9 heteroatoms. The number of thiophene rings is 1. The molecule has 0 N–H and O–H groups in total. The van der Waals surface area contributed by atoms with Crippen LogP contribution >= 0.6 is 11.3 Å². The van der Waals surface area contributed by atoms with Crippen LogP contribution in [0.2, 0.25) is 0 Å². The molecule has 4 aromatic rings. The maximum absolute atomic E-state index is 13.0. The average Bonchev–Trinajstić information content (AvgIpc) is 3.24. The zero-order valence-corrected chi connectivity index (χ0v) is 12.7. The molecular formula is C14H10F2N6S. The first-order valence-corrected chi connectivity index (χ1v) is 7.56. The molecule has 116 valence electrons.